The molecule has 0 radical (unpaired) electrons. The number of β-amino-alcohol motifs (C(OH)–C–C–N with tert-alkyl or cyclic N) is 1. The Kier molecular flexibility index (Phi) is 8.90. The van der Waals surface area contributed by atoms with Crippen LogP contribution in [0.2, 0.25) is 0 Å². The largest absolute Gasteiger partial charge is 0.491 e. The quantitative estimate of drug-likeness (QED) is 0.589. The van der Waals surface area contributed by atoms with E-state index in [1.807, 2.05) is 12.1 Å². The van der Waals surface area contributed by atoms with Crippen molar-refractivity contribution < 1.29 is 14.6 Å². The summed E-state index contributed by atoms with van der Waals surface area (Å²) in [5.41, 5.74) is 2.80. The first-order valence-electron chi connectivity index (χ1n) is 11.4. The van der Waals surface area contributed by atoms with Gasteiger partial charge in [0.25, 0.3) is 0 Å². The Balaban J connectivity index is 1.25. The molecule has 1 aliphatic rings. The molecule has 1 atom stereocenters. The highest BCUT2D eigenvalue weighted by Gasteiger charge is 2.19. The van der Waals surface area contributed by atoms with Gasteiger partial charge in [-0.25, -0.2) is 0 Å². The van der Waals surface area contributed by atoms with Crippen molar-refractivity contribution in [3.8, 4) is 5.75 Å². The Labute approximate surface area is 187 Å². The first kappa shape index (κ1) is 23.7. The zero-order chi connectivity index (χ0) is 22.1. The molecular weight excluding hydrogens is 388 g/mol. The summed E-state index contributed by atoms with van der Waals surface area (Å²) >= 11 is 0. The van der Waals surface area contributed by atoms with Gasteiger partial charge in [0.2, 0.25) is 0 Å². The Hall–Kier alpha value is -1.92. The van der Waals surface area contributed by atoms with E-state index >= 15 is 0 Å². The number of aliphatic hydroxyl groups is 1. The minimum absolute atomic E-state index is 0.145. The van der Waals surface area contributed by atoms with Gasteiger partial charge in [-0.1, -0.05) is 63.2 Å². The lowest BCUT2D eigenvalue weighted by molar-refractivity contribution is -0.000437. The van der Waals surface area contributed by atoms with Crippen LogP contribution in [0.4, 0.5) is 0 Å². The van der Waals surface area contributed by atoms with Crippen molar-refractivity contribution in [1.29, 1.82) is 0 Å². The second-order valence-corrected chi connectivity index (χ2v) is 9.41. The molecule has 1 saturated heterocycles. The summed E-state index contributed by atoms with van der Waals surface area (Å²) in [6.45, 7) is 13.6. The van der Waals surface area contributed by atoms with E-state index < -0.39 is 6.10 Å². The molecule has 1 heterocycles. The molecule has 0 aliphatic carbocycles. The number of hydrogen-bond acceptors (Lipinski definition) is 5. The summed E-state index contributed by atoms with van der Waals surface area (Å²) < 4.78 is 11.4. The van der Waals surface area contributed by atoms with Crippen LogP contribution in [0.15, 0.2) is 54.6 Å². The summed E-state index contributed by atoms with van der Waals surface area (Å²) in [5, 5.41) is 10.3. The number of hydrogen-bond donors (Lipinski definition) is 1. The topological polar surface area (TPSA) is 45.2 Å². The van der Waals surface area contributed by atoms with Gasteiger partial charge in [0.15, 0.2) is 0 Å². The molecule has 0 saturated carbocycles. The van der Waals surface area contributed by atoms with Gasteiger partial charge in [0.1, 0.15) is 12.4 Å². The molecule has 1 N–H and O–H groups in total. The van der Waals surface area contributed by atoms with Crippen LogP contribution in [-0.4, -0.2) is 73.6 Å². The molecule has 1 aliphatic heterocycles. The zero-order valence-electron chi connectivity index (χ0n) is 19.3. The van der Waals surface area contributed by atoms with Crippen molar-refractivity contribution in [2.45, 2.75) is 38.8 Å². The average molecular weight is 427 g/mol. The van der Waals surface area contributed by atoms with E-state index in [4.69, 9.17) is 9.47 Å². The first-order valence-corrected chi connectivity index (χ1v) is 11.4. The molecule has 0 aromatic heterocycles. The molecule has 0 bridgehead atoms. The van der Waals surface area contributed by atoms with Gasteiger partial charge in [-0.05, 0) is 28.7 Å². The van der Waals surface area contributed by atoms with Gasteiger partial charge >= 0.3 is 0 Å². The molecule has 5 nitrogen and oxygen atoms in total. The molecular formula is C26H38N2O3. The molecule has 1 fully saturated rings. The summed E-state index contributed by atoms with van der Waals surface area (Å²) in [5.74, 6) is 0.852. The molecule has 0 unspecified atom stereocenters. The van der Waals surface area contributed by atoms with Crippen molar-refractivity contribution in [3.63, 3.8) is 0 Å². The number of nitrogens with zero attached hydrogens (tertiary/aromatic N) is 2. The lowest BCUT2D eigenvalue weighted by Crippen LogP contribution is -2.48. The Bertz CT molecular complexity index is 750. The normalized spacial score (nSPS) is 16.9. The highest BCUT2D eigenvalue weighted by atomic mass is 16.5. The molecule has 170 valence electrons. The Morgan fingerprint density at radius 2 is 1.52 bits per heavy atom. The molecule has 3 rings (SSSR count). The molecule has 0 amide bonds. The molecule has 2 aromatic rings. The third kappa shape index (κ3) is 8.26. The maximum atomic E-state index is 10.3. The fraction of sp³-hybridized carbons (Fsp3) is 0.538. The maximum absolute atomic E-state index is 10.3. The SMILES string of the molecule is CC(C)(C)c1ccc(OCCOC[C@H](O)CN2CCN(Cc3ccccc3)CC2)cc1. The van der Waals surface area contributed by atoms with E-state index in [0.717, 1.165) is 38.5 Å². The predicted molar refractivity (Wildman–Crippen MR) is 126 cm³/mol. The van der Waals surface area contributed by atoms with Crippen molar-refractivity contribution in [2.75, 3.05) is 52.5 Å². The van der Waals surface area contributed by atoms with Gasteiger partial charge in [-0.15, -0.1) is 0 Å². The molecule has 5 heteroatoms. The van der Waals surface area contributed by atoms with Crippen LogP contribution in [-0.2, 0) is 16.7 Å². The van der Waals surface area contributed by atoms with Crippen molar-refractivity contribution in [1.82, 2.24) is 9.80 Å². The van der Waals surface area contributed by atoms with E-state index in [-0.39, 0.29) is 5.41 Å². The highest BCUT2D eigenvalue weighted by molar-refractivity contribution is 5.31. The number of ether oxygens (including phenoxy) is 2. The lowest BCUT2D eigenvalue weighted by Gasteiger charge is -2.35. The van der Waals surface area contributed by atoms with Gasteiger partial charge in [0, 0.05) is 39.3 Å². The Morgan fingerprint density at radius 1 is 0.871 bits per heavy atom. The summed E-state index contributed by atoms with van der Waals surface area (Å²) in [6, 6.07) is 18.8. The average Bonchev–Trinajstić information content (AvgIpc) is 2.75. The van der Waals surface area contributed by atoms with Crippen molar-refractivity contribution in [2.24, 2.45) is 0 Å². The van der Waals surface area contributed by atoms with Crippen molar-refractivity contribution >= 4 is 0 Å². The van der Waals surface area contributed by atoms with Gasteiger partial charge in [0.05, 0.1) is 19.3 Å². The minimum Gasteiger partial charge on any atom is -0.491 e. The number of rotatable bonds is 10. The molecule has 0 spiro atoms. The van der Waals surface area contributed by atoms with E-state index in [0.29, 0.717) is 26.4 Å². The van der Waals surface area contributed by atoms with Gasteiger partial charge < -0.3 is 14.6 Å². The summed E-state index contributed by atoms with van der Waals surface area (Å²) in [6.07, 6.45) is -0.466. The van der Waals surface area contributed by atoms with Crippen LogP contribution in [0.25, 0.3) is 0 Å². The second kappa shape index (κ2) is 11.6. The number of piperazine rings is 1. The predicted octanol–water partition coefficient (Wildman–Crippen LogP) is 3.56. The van der Waals surface area contributed by atoms with Crippen LogP contribution >= 0.6 is 0 Å². The van der Waals surface area contributed by atoms with Crippen LogP contribution < -0.4 is 4.74 Å². The fourth-order valence-electron chi connectivity index (χ4n) is 3.81. The third-order valence-corrected chi connectivity index (χ3v) is 5.71. The molecule has 31 heavy (non-hydrogen) atoms. The smallest absolute Gasteiger partial charge is 0.119 e. The van der Waals surface area contributed by atoms with E-state index in [2.05, 4.69) is 73.0 Å². The summed E-state index contributed by atoms with van der Waals surface area (Å²) in [4.78, 5) is 4.79. The number of aliphatic hydroxyl groups excluding tert-OH is 1. The van der Waals surface area contributed by atoms with E-state index in [9.17, 15) is 5.11 Å². The highest BCUT2D eigenvalue weighted by Crippen LogP contribution is 2.24. The van der Waals surface area contributed by atoms with Gasteiger partial charge in [-0.2, -0.15) is 0 Å². The van der Waals surface area contributed by atoms with E-state index in [1.54, 1.807) is 0 Å². The van der Waals surface area contributed by atoms with Crippen LogP contribution in [0, 0.1) is 0 Å². The maximum Gasteiger partial charge on any atom is 0.119 e. The second-order valence-electron chi connectivity index (χ2n) is 9.41. The Morgan fingerprint density at radius 3 is 2.16 bits per heavy atom. The van der Waals surface area contributed by atoms with Gasteiger partial charge in [-0.3, -0.25) is 9.80 Å². The first-order chi connectivity index (χ1) is 14.9. The van der Waals surface area contributed by atoms with E-state index in [1.165, 1.54) is 11.1 Å². The fourth-order valence-corrected chi connectivity index (χ4v) is 3.81. The van der Waals surface area contributed by atoms with Crippen LogP contribution in [0.1, 0.15) is 31.9 Å². The van der Waals surface area contributed by atoms with Crippen LogP contribution in [0.3, 0.4) is 0 Å². The lowest BCUT2D eigenvalue weighted by atomic mass is 9.87. The van der Waals surface area contributed by atoms with Crippen LogP contribution in [0.5, 0.6) is 5.75 Å². The van der Waals surface area contributed by atoms with Crippen molar-refractivity contribution in [3.05, 3.63) is 65.7 Å². The standard InChI is InChI=1S/C26H38N2O3/c1-26(2,3)23-9-11-25(12-10-23)31-18-17-30-21-24(29)20-28-15-13-27(14-16-28)19-22-7-5-4-6-8-22/h4-12,24,29H,13-21H2,1-3H3/t24-/m1/s1. The third-order valence-electron chi connectivity index (χ3n) is 5.71. The minimum atomic E-state index is -0.466. The zero-order valence-corrected chi connectivity index (χ0v) is 19.3. The monoisotopic (exact) mass is 426 g/mol. The summed E-state index contributed by atoms with van der Waals surface area (Å²) in [7, 11) is 0. The number of benzene rings is 2. The molecule has 2 aromatic carbocycles.